The monoisotopic (exact) mass is 362 g/mol. The van der Waals surface area contributed by atoms with Gasteiger partial charge in [-0.25, -0.2) is 0 Å². The van der Waals surface area contributed by atoms with Gasteiger partial charge in [-0.2, -0.15) is 0 Å². The first kappa shape index (κ1) is 15.9. The number of thiocarbonyl (C=S) groups is 1. The fraction of sp³-hybridized carbons (Fsp3) is 0.0667. The molecule has 0 radical (unpaired) electrons. The molecule has 2 aromatic rings. The number of nitro benzene ring substituents is 1. The second-order valence-electron chi connectivity index (χ2n) is 4.76. The lowest BCUT2D eigenvalue weighted by Gasteiger charge is -2.13. The molecule has 0 saturated carbocycles. The maximum Gasteiger partial charge on any atom is 0.270 e. The minimum atomic E-state index is -0.479. The standard InChI is InChI=1S/C15H10N2O3S3/c1-9-6-7-22-12(9)8-13-14(18)16(15(21)23-13)10-2-4-11(5-3-10)17(19)20/h2-8H,1H3. The Kier molecular flexibility index (Phi) is 4.29. The largest absolute Gasteiger partial charge is 0.270 e. The van der Waals surface area contributed by atoms with E-state index >= 15 is 0 Å². The molecule has 1 amide bonds. The molecule has 0 bridgehead atoms. The van der Waals surface area contributed by atoms with Crippen molar-refractivity contribution in [3.8, 4) is 0 Å². The Hall–Kier alpha value is -2.03. The van der Waals surface area contributed by atoms with Gasteiger partial charge in [0.2, 0.25) is 0 Å². The highest BCUT2D eigenvalue weighted by molar-refractivity contribution is 8.27. The molecule has 1 aliphatic rings. The molecule has 1 aromatic carbocycles. The molecule has 8 heteroatoms. The van der Waals surface area contributed by atoms with Crippen LogP contribution in [0.4, 0.5) is 11.4 Å². The highest BCUT2D eigenvalue weighted by Crippen LogP contribution is 2.37. The maximum atomic E-state index is 12.6. The van der Waals surface area contributed by atoms with Crippen molar-refractivity contribution in [2.24, 2.45) is 0 Å². The van der Waals surface area contributed by atoms with Crippen molar-refractivity contribution >= 4 is 63.0 Å². The third-order valence-electron chi connectivity index (χ3n) is 3.28. The van der Waals surface area contributed by atoms with E-state index in [2.05, 4.69) is 0 Å². The summed E-state index contributed by atoms with van der Waals surface area (Å²) < 4.78 is 0.421. The number of aryl methyl sites for hydroxylation is 1. The summed E-state index contributed by atoms with van der Waals surface area (Å²) in [5.41, 5.74) is 1.61. The minimum absolute atomic E-state index is 0.0241. The number of benzene rings is 1. The van der Waals surface area contributed by atoms with Crippen molar-refractivity contribution in [2.75, 3.05) is 4.90 Å². The smallest absolute Gasteiger partial charge is 0.268 e. The predicted molar refractivity (Wildman–Crippen MR) is 97.8 cm³/mol. The number of nitro groups is 1. The molecule has 5 nitrogen and oxygen atoms in total. The van der Waals surface area contributed by atoms with Gasteiger partial charge in [0.05, 0.1) is 15.5 Å². The lowest BCUT2D eigenvalue weighted by molar-refractivity contribution is -0.384. The number of hydrogen-bond acceptors (Lipinski definition) is 6. The topological polar surface area (TPSA) is 63.4 Å². The van der Waals surface area contributed by atoms with Gasteiger partial charge in [0, 0.05) is 17.0 Å². The van der Waals surface area contributed by atoms with Crippen LogP contribution in [0.25, 0.3) is 6.08 Å². The average molecular weight is 362 g/mol. The number of thioether (sulfide) groups is 1. The number of rotatable bonds is 3. The van der Waals surface area contributed by atoms with Gasteiger partial charge in [-0.15, -0.1) is 11.3 Å². The maximum absolute atomic E-state index is 12.6. The van der Waals surface area contributed by atoms with Gasteiger partial charge in [-0.3, -0.25) is 19.8 Å². The summed E-state index contributed by atoms with van der Waals surface area (Å²) in [5.74, 6) is -0.207. The van der Waals surface area contributed by atoms with Crippen LogP contribution in [-0.4, -0.2) is 15.2 Å². The minimum Gasteiger partial charge on any atom is -0.268 e. The molecular weight excluding hydrogens is 352 g/mol. The summed E-state index contributed by atoms with van der Waals surface area (Å²) in [7, 11) is 0. The van der Waals surface area contributed by atoms with Gasteiger partial charge in [0.1, 0.15) is 0 Å². The van der Waals surface area contributed by atoms with Gasteiger partial charge in [-0.1, -0.05) is 24.0 Å². The predicted octanol–water partition coefficient (Wildman–Crippen LogP) is 4.37. The molecule has 116 valence electrons. The summed E-state index contributed by atoms with van der Waals surface area (Å²) >= 11 is 8.09. The SMILES string of the molecule is Cc1ccsc1C=C1SC(=S)N(c2ccc([N+](=O)[O-])cc2)C1=O. The number of hydrogen-bond donors (Lipinski definition) is 0. The van der Waals surface area contributed by atoms with Crippen LogP contribution >= 0.6 is 35.3 Å². The highest BCUT2D eigenvalue weighted by atomic mass is 32.2. The molecule has 3 rings (SSSR count). The van der Waals surface area contributed by atoms with Crippen molar-refractivity contribution in [3.63, 3.8) is 0 Å². The van der Waals surface area contributed by atoms with Crippen LogP contribution in [0.3, 0.4) is 0 Å². The second kappa shape index (κ2) is 6.23. The van der Waals surface area contributed by atoms with E-state index in [4.69, 9.17) is 12.2 Å². The van der Waals surface area contributed by atoms with E-state index in [9.17, 15) is 14.9 Å². The molecule has 0 N–H and O–H groups in total. The quantitative estimate of drug-likeness (QED) is 0.351. The molecule has 0 aliphatic carbocycles. The lowest BCUT2D eigenvalue weighted by Crippen LogP contribution is -2.27. The summed E-state index contributed by atoms with van der Waals surface area (Å²) in [5, 5.41) is 12.7. The number of carbonyl (C=O) groups is 1. The fourth-order valence-electron chi connectivity index (χ4n) is 2.07. The number of nitrogens with zero attached hydrogens (tertiary/aromatic N) is 2. The first-order valence-electron chi connectivity index (χ1n) is 6.54. The molecule has 23 heavy (non-hydrogen) atoms. The second-order valence-corrected chi connectivity index (χ2v) is 7.38. The van der Waals surface area contributed by atoms with Crippen LogP contribution in [0.1, 0.15) is 10.4 Å². The Labute approximate surface area is 145 Å². The molecule has 0 spiro atoms. The van der Waals surface area contributed by atoms with E-state index in [1.165, 1.54) is 40.9 Å². The zero-order valence-electron chi connectivity index (χ0n) is 11.9. The Morgan fingerprint density at radius 3 is 2.52 bits per heavy atom. The first-order chi connectivity index (χ1) is 11.0. The van der Waals surface area contributed by atoms with Crippen LogP contribution in [0.15, 0.2) is 40.6 Å². The van der Waals surface area contributed by atoms with Crippen LogP contribution in [0, 0.1) is 17.0 Å². The lowest BCUT2D eigenvalue weighted by atomic mass is 10.2. The molecule has 1 aliphatic heterocycles. The highest BCUT2D eigenvalue weighted by Gasteiger charge is 2.33. The molecule has 2 heterocycles. The number of non-ortho nitro benzene ring substituents is 1. The zero-order chi connectivity index (χ0) is 16.6. The summed E-state index contributed by atoms with van der Waals surface area (Å²) in [6, 6.07) is 7.78. The van der Waals surface area contributed by atoms with E-state index in [0.29, 0.717) is 14.9 Å². The molecular formula is C15H10N2O3S3. The summed E-state index contributed by atoms with van der Waals surface area (Å²) in [4.78, 5) is 25.8. The van der Waals surface area contributed by atoms with Crippen LogP contribution in [0.2, 0.25) is 0 Å². The molecule has 1 saturated heterocycles. The van der Waals surface area contributed by atoms with E-state index in [1.807, 2.05) is 24.4 Å². The van der Waals surface area contributed by atoms with E-state index in [0.717, 1.165) is 10.4 Å². The van der Waals surface area contributed by atoms with E-state index in [-0.39, 0.29) is 11.6 Å². The average Bonchev–Trinajstić information content (AvgIpc) is 3.04. The normalized spacial score (nSPS) is 16.4. The fourth-order valence-corrected chi connectivity index (χ4v) is 4.28. The molecule has 1 aromatic heterocycles. The molecule has 1 fully saturated rings. The number of carbonyl (C=O) groups excluding carboxylic acids is 1. The third kappa shape index (κ3) is 3.05. The third-order valence-corrected chi connectivity index (χ3v) is 5.54. The van der Waals surface area contributed by atoms with E-state index in [1.54, 1.807) is 11.3 Å². The van der Waals surface area contributed by atoms with Crippen LogP contribution in [-0.2, 0) is 4.79 Å². The van der Waals surface area contributed by atoms with Crippen molar-refractivity contribution in [3.05, 3.63) is 61.2 Å². The van der Waals surface area contributed by atoms with Gasteiger partial charge < -0.3 is 0 Å². The number of anilines is 1. The van der Waals surface area contributed by atoms with Gasteiger partial charge in [0.15, 0.2) is 4.32 Å². The van der Waals surface area contributed by atoms with Crippen molar-refractivity contribution < 1.29 is 9.72 Å². The zero-order valence-corrected chi connectivity index (χ0v) is 14.3. The van der Waals surface area contributed by atoms with Gasteiger partial charge in [-0.05, 0) is 42.1 Å². The molecule has 0 atom stereocenters. The summed E-state index contributed by atoms with van der Waals surface area (Å²) in [6.45, 7) is 1.99. The summed E-state index contributed by atoms with van der Waals surface area (Å²) in [6.07, 6.45) is 1.84. The van der Waals surface area contributed by atoms with E-state index < -0.39 is 4.92 Å². The molecule has 0 unspecified atom stereocenters. The number of amides is 1. The van der Waals surface area contributed by atoms with Crippen LogP contribution in [0.5, 0.6) is 0 Å². The Morgan fingerprint density at radius 2 is 1.96 bits per heavy atom. The first-order valence-corrected chi connectivity index (χ1v) is 8.64. The Balaban J connectivity index is 1.91. The van der Waals surface area contributed by atoms with Crippen molar-refractivity contribution in [1.82, 2.24) is 0 Å². The Morgan fingerprint density at radius 1 is 1.26 bits per heavy atom. The van der Waals surface area contributed by atoms with Crippen LogP contribution < -0.4 is 4.90 Å². The van der Waals surface area contributed by atoms with Crippen molar-refractivity contribution in [2.45, 2.75) is 6.92 Å². The van der Waals surface area contributed by atoms with Gasteiger partial charge >= 0.3 is 0 Å². The van der Waals surface area contributed by atoms with Crippen molar-refractivity contribution in [1.29, 1.82) is 0 Å². The van der Waals surface area contributed by atoms with Gasteiger partial charge in [0.25, 0.3) is 11.6 Å². The number of thiophene rings is 1. The Bertz CT molecular complexity index is 840.